The van der Waals surface area contributed by atoms with E-state index >= 15 is 0 Å². The van der Waals surface area contributed by atoms with Gasteiger partial charge in [-0.25, -0.2) is 0 Å². The Morgan fingerprint density at radius 2 is 2.15 bits per heavy atom. The molecule has 13 heavy (non-hydrogen) atoms. The van der Waals surface area contributed by atoms with Crippen molar-refractivity contribution < 1.29 is 4.79 Å². The van der Waals surface area contributed by atoms with E-state index in [9.17, 15) is 4.79 Å². The number of nitrogens with zero attached hydrogens (tertiary/aromatic N) is 1. The van der Waals surface area contributed by atoms with Crippen LogP contribution in [0.4, 0.5) is 5.69 Å². The van der Waals surface area contributed by atoms with Crippen molar-refractivity contribution in [1.82, 2.24) is 0 Å². The second-order valence-electron chi connectivity index (χ2n) is 2.54. The van der Waals surface area contributed by atoms with Crippen LogP contribution in [0.1, 0.15) is 0 Å². The van der Waals surface area contributed by atoms with E-state index in [1.54, 1.807) is 11.0 Å². The lowest BCUT2D eigenvalue weighted by molar-refractivity contribution is -0.107. The molecule has 0 N–H and O–H groups in total. The monoisotopic (exact) mass is 193 g/mol. The van der Waals surface area contributed by atoms with E-state index in [4.69, 9.17) is 0 Å². The Morgan fingerprint density at radius 1 is 1.46 bits per heavy atom. The molecular formula is C10H11NOS. The average molecular weight is 193 g/mol. The number of carbonyl (C=O) groups is 1. The van der Waals surface area contributed by atoms with Gasteiger partial charge >= 0.3 is 0 Å². The lowest BCUT2D eigenvalue weighted by Crippen LogP contribution is -2.21. The molecule has 0 bridgehead atoms. The van der Waals surface area contributed by atoms with Crippen molar-refractivity contribution >= 4 is 24.7 Å². The minimum absolute atomic E-state index is 0.501. The van der Waals surface area contributed by atoms with Crippen molar-refractivity contribution in [1.29, 1.82) is 0 Å². The van der Waals surface area contributed by atoms with Crippen molar-refractivity contribution in [2.24, 2.45) is 0 Å². The maximum absolute atomic E-state index is 10.7. The summed E-state index contributed by atoms with van der Waals surface area (Å²) >= 11 is 4.25. The van der Waals surface area contributed by atoms with Gasteiger partial charge in [0.1, 0.15) is 0 Å². The van der Waals surface area contributed by atoms with Crippen LogP contribution in [0.15, 0.2) is 41.8 Å². The lowest BCUT2D eigenvalue weighted by atomic mass is 10.3. The van der Waals surface area contributed by atoms with E-state index in [1.165, 1.54) is 0 Å². The van der Waals surface area contributed by atoms with Gasteiger partial charge in [0.15, 0.2) is 0 Å². The number of hydrogen-bond acceptors (Lipinski definition) is 2. The van der Waals surface area contributed by atoms with E-state index < -0.39 is 0 Å². The van der Waals surface area contributed by atoms with Crippen molar-refractivity contribution in [3.63, 3.8) is 0 Å². The highest BCUT2D eigenvalue weighted by Gasteiger charge is 2.04. The van der Waals surface area contributed by atoms with Gasteiger partial charge in [-0.2, -0.15) is 0 Å². The normalized spacial score (nSPS) is 9.31. The summed E-state index contributed by atoms with van der Waals surface area (Å²) < 4.78 is 0. The summed E-state index contributed by atoms with van der Waals surface area (Å²) in [6, 6.07) is 7.44. The number of rotatable bonds is 4. The molecule has 0 unspecified atom stereocenters. The molecule has 0 fully saturated rings. The first-order valence-corrected chi connectivity index (χ1v) is 4.35. The SMILES string of the molecule is C=CCN(C=O)c1ccccc1S. The van der Waals surface area contributed by atoms with Gasteiger partial charge in [-0.05, 0) is 12.1 Å². The van der Waals surface area contributed by atoms with E-state index in [2.05, 4.69) is 19.2 Å². The molecule has 0 aromatic heterocycles. The third-order valence-corrected chi connectivity index (χ3v) is 2.02. The van der Waals surface area contributed by atoms with Gasteiger partial charge in [0.2, 0.25) is 6.41 Å². The summed E-state index contributed by atoms with van der Waals surface area (Å²) in [7, 11) is 0. The molecule has 1 aromatic carbocycles. The molecule has 0 atom stereocenters. The van der Waals surface area contributed by atoms with Crippen LogP contribution < -0.4 is 4.90 Å². The number of thiol groups is 1. The molecule has 1 aromatic rings. The fourth-order valence-corrected chi connectivity index (χ4v) is 1.33. The summed E-state index contributed by atoms with van der Waals surface area (Å²) in [6.45, 7) is 4.08. The molecule has 3 heteroatoms. The zero-order chi connectivity index (χ0) is 9.68. The summed E-state index contributed by atoms with van der Waals surface area (Å²) in [5, 5.41) is 0. The molecule has 0 aliphatic carbocycles. The first-order chi connectivity index (χ1) is 6.29. The Balaban J connectivity index is 2.96. The van der Waals surface area contributed by atoms with Gasteiger partial charge in [-0.3, -0.25) is 4.79 Å². The Bertz CT molecular complexity index is 312. The largest absolute Gasteiger partial charge is 0.310 e. The molecule has 1 amide bonds. The Labute approximate surface area is 83.3 Å². The molecule has 2 nitrogen and oxygen atoms in total. The standard InChI is InChI=1S/C10H11NOS/c1-2-7-11(8-12)9-5-3-4-6-10(9)13/h2-6,8,13H,1,7H2. The van der Waals surface area contributed by atoms with E-state index in [-0.39, 0.29) is 0 Å². The summed E-state index contributed by atoms with van der Waals surface area (Å²) in [5.74, 6) is 0. The number of para-hydroxylation sites is 1. The van der Waals surface area contributed by atoms with Crippen LogP contribution in [-0.2, 0) is 4.79 Å². The summed E-state index contributed by atoms with van der Waals surface area (Å²) in [6.07, 6.45) is 2.45. The van der Waals surface area contributed by atoms with E-state index in [0.29, 0.717) is 6.54 Å². The minimum Gasteiger partial charge on any atom is -0.310 e. The molecule has 0 spiro atoms. The number of amides is 1. The molecule has 0 heterocycles. The van der Waals surface area contributed by atoms with Gasteiger partial charge in [0.05, 0.1) is 5.69 Å². The van der Waals surface area contributed by atoms with Crippen LogP contribution >= 0.6 is 12.6 Å². The first-order valence-electron chi connectivity index (χ1n) is 3.90. The Hall–Kier alpha value is -1.22. The molecule has 0 saturated heterocycles. The molecule has 0 radical (unpaired) electrons. The molecule has 0 aliphatic heterocycles. The molecular weight excluding hydrogens is 182 g/mol. The quantitative estimate of drug-likeness (QED) is 0.441. The third kappa shape index (κ3) is 2.36. The fraction of sp³-hybridized carbons (Fsp3) is 0.100. The smallest absolute Gasteiger partial charge is 0.214 e. The third-order valence-electron chi connectivity index (χ3n) is 1.64. The Kier molecular flexibility index (Phi) is 3.58. The van der Waals surface area contributed by atoms with Crippen molar-refractivity contribution in [3.8, 4) is 0 Å². The molecule has 1 rings (SSSR count). The van der Waals surface area contributed by atoms with Gasteiger partial charge in [-0.15, -0.1) is 19.2 Å². The number of benzene rings is 1. The highest BCUT2D eigenvalue weighted by atomic mass is 32.1. The molecule has 0 aliphatic rings. The zero-order valence-electron chi connectivity index (χ0n) is 7.18. The topological polar surface area (TPSA) is 20.3 Å². The van der Waals surface area contributed by atoms with Crippen molar-refractivity contribution in [2.45, 2.75) is 4.90 Å². The summed E-state index contributed by atoms with van der Waals surface area (Å²) in [5.41, 5.74) is 0.806. The number of anilines is 1. The number of hydrogen-bond donors (Lipinski definition) is 1. The minimum atomic E-state index is 0.501. The van der Waals surface area contributed by atoms with Crippen LogP contribution in [0.2, 0.25) is 0 Å². The van der Waals surface area contributed by atoms with Gasteiger partial charge in [-0.1, -0.05) is 18.2 Å². The van der Waals surface area contributed by atoms with E-state index in [1.807, 2.05) is 24.3 Å². The highest BCUT2D eigenvalue weighted by Crippen LogP contribution is 2.22. The average Bonchev–Trinajstić information content (AvgIpc) is 2.16. The van der Waals surface area contributed by atoms with Crippen LogP contribution in [0.3, 0.4) is 0 Å². The van der Waals surface area contributed by atoms with E-state index in [0.717, 1.165) is 17.0 Å². The lowest BCUT2D eigenvalue weighted by Gasteiger charge is -2.16. The maximum Gasteiger partial charge on any atom is 0.214 e. The van der Waals surface area contributed by atoms with Gasteiger partial charge in [0.25, 0.3) is 0 Å². The van der Waals surface area contributed by atoms with Crippen LogP contribution in [0, 0.1) is 0 Å². The van der Waals surface area contributed by atoms with Gasteiger partial charge in [0, 0.05) is 11.4 Å². The summed E-state index contributed by atoms with van der Waals surface area (Å²) in [4.78, 5) is 13.0. The van der Waals surface area contributed by atoms with Crippen molar-refractivity contribution in [2.75, 3.05) is 11.4 Å². The van der Waals surface area contributed by atoms with Crippen LogP contribution in [0.25, 0.3) is 0 Å². The Morgan fingerprint density at radius 3 is 2.69 bits per heavy atom. The number of carbonyl (C=O) groups excluding carboxylic acids is 1. The van der Waals surface area contributed by atoms with Crippen LogP contribution in [0.5, 0.6) is 0 Å². The van der Waals surface area contributed by atoms with Gasteiger partial charge < -0.3 is 4.90 Å². The predicted molar refractivity (Wildman–Crippen MR) is 57.3 cm³/mol. The van der Waals surface area contributed by atoms with Crippen molar-refractivity contribution in [3.05, 3.63) is 36.9 Å². The highest BCUT2D eigenvalue weighted by molar-refractivity contribution is 7.80. The van der Waals surface area contributed by atoms with Crippen LogP contribution in [-0.4, -0.2) is 13.0 Å². The molecule has 68 valence electrons. The fourth-order valence-electron chi connectivity index (χ4n) is 1.04. The zero-order valence-corrected chi connectivity index (χ0v) is 8.08. The second kappa shape index (κ2) is 4.72. The first kappa shape index (κ1) is 9.86. The molecule has 0 saturated carbocycles. The predicted octanol–water partition coefficient (Wildman–Crippen LogP) is 2.12. The maximum atomic E-state index is 10.7. The second-order valence-corrected chi connectivity index (χ2v) is 3.02.